The van der Waals surface area contributed by atoms with Crippen molar-refractivity contribution in [2.75, 3.05) is 36.4 Å². The van der Waals surface area contributed by atoms with Crippen LogP contribution >= 0.6 is 28.1 Å². The summed E-state index contributed by atoms with van der Waals surface area (Å²) in [5.41, 5.74) is 2.33. The van der Waals surface area contributed by atoms with Crippen molar-refractivity contribution in [1.82, 2.24) is 10.2 Å². The van der Waals surface area contributed by atoms with Gasteiger partial charge >= 0.3 is 0 Å². The summed E-state index contributed by atoms with van der Waals surface area (Å²) in [6.07, 6.45) is 0.531. The van der Waals surface area contributed by atoms with Crippen LogP contribution in [0.25, 0.3) is 0 Å². The van der Waals surface area contributed by atoms with Crippen LogP contribution in [0.2, 0.25) is 0 Å². The van der Waals surface area contributed by atoms with E-state index in [-0.39, 0.29) is 16.9 Å². The van der Waals surface area contributed by atoms with Crippen LogP contribution in [-0.4, -0.2) is 48.0 Å². The van der Waals surface area contributed by atoms with Gasteiger partial charge in [-0.2, -0.15) is 0 Å². The Hall–Kier alpha value is -2.45. The van der Waals surface area contributed by atoms with E-state index in [2.05, 4.69) is 31.5 Å². The molecule has 2 amide bonds. The summed E-state index contributed by atoms with van der Waals surface area (Å²) in [5, 5.41) is 6.09. The van der Waals surface area contributed by atoms with Crippen molar-refractivity contribution >= 4 is 56.4 Å². The maximum absolute atomic E-state index is 12.5. The minimum atomic E-state index is -0.279. The number of nitrogens with zero attached hydrogens (tertiary/aromatic N) is 2. The van der Waals surface area contributed by atoms with Crippen molar-refractivity contribution in [2.45, 2.75) is 13.3 Å². The van der Waals surface area contributed by atoms with Gasteiger partial charge < -0.3 is 15.1 Å². The summed E-state index contributed by atoms with van der Waals surface area (Å²) in [7, 11) is 0. The first-order chi connectivity index (χ1) is 14.0. The SMILES string of the molecule is CCC(=O)N1CCN(c2ccccc2NC(=S)NC(=O)c2ccccc2Br)CC1. The summed E-state index contributed by atoms with van der Waals surface area (Å²) in [4.78, 5) is 28.5. The molecular formula is C21H23BrN4O2S. The zero-order valence-electron chi connectivity index (χ0n) is 16.2. The second-order valence-electron chi connectivity index (χ2n) is 6.63. The molecule has 2 N–H and O–H groups in total. The Morgan fingerprint density at radius 1 is 1.03 bits per heavy atom. The van der Waals surface area contributed by atoms with Crippen LogP contribution in [0.5, 0.6) is 0 Å². The summed E-state index contributed by atoms with van der Waals surface area (Å²) in [5.74, 6) is -0.0915. The Balaban J connectivity index is 1.65. The van der Waals surface area contributed by atoms with E-state index in [1.165, 1.54) is 0 Å². The fourth-order valence-corrected chi connectivity index (χ4v) is 3.91. The quantitative estimate of drug-likeness (QED) is 0.662. The maximum atomic E-state index is 12.5. The Labute approximate surface area is 184 Å². The predicted molar refractivity (Wildman–Crippen MR) is 123 cm³/mol. The molecule has 0 saturated carbocycles. The van der Waals surface area contributed by atoms with E-state index in [0.717, 1.165) is 24.5 Å². The van der Waals surface area contributed by atoms with E-state index < -0.39 is 0 Å². The van der Waals surface area contributed by atoms with Gasteiger partial charge in [-0.1, -0.05) is 31.2 Å². The molecule has 0 aromatic heterocycles. The molecule has 152 valence electrons. The molecule has 29 heavy (non-hydrogen) atoms. The molecule has 1 aliphatic rings. The number of hydrogen-bond acceptors (Lipinski definition) is 4. The topological polar surface area (TPSA) is 64.7 Å². The van der Waals surface area contributed by atoms with Gasteiger partial charge in [-0.3, -0.25) is 14.9 Å². The van der Waals surface area contributed by atoms with Crippen molar-refractivity contribution in [3.63, 3.8) is 0 Å². The van der Waals surface area contributed by atoms with E-state index in [1.54, 1.807) is 12.1 Å². The normalized spacial score (nSPS) is 13.7. The van der Waals surface area contributed by atoms with Gasteiger partial charge in [0.05, 0.1) is 16.9 Å². The first kappa shape index (κ1) is 21.3. The molecule has 0 spiro atoms. The Kier molecular flexibility index (Phi) is 7.22. The molecule has 0 aliphatic carbocycles. The van der Waals surface area contributed by atoms with Crippen LogP contribution in [0.15, 0.2) is 53.0 Å². The lowest BCUT2D eigenvalue weighted by Crippen LogP contribution is -2.48. The molecule has 1 aliphatic heterocycles. The van der Waals surface area contributed by atoms with E-state index >= 15 is 0 Å². The lowest BCUT2D eigenvalue weighted by Gasteiger charge is -2.37. The number of anilines is 2. The first-order valence-electron chi connectivity index (χ1n) is 9.48. The summed E-state index contributed by atoms with van der Waals surface area (Å²) >= 11 is 8.73. The average Bonchev–Trinajstić information content (AvgIpc) is 2.74. The van der Waals surface area contributed by atoms with Gasteiger partial charge in [0.2, 0.25) is 5.91 Å². The van der Waals surface area contributed by atoms with Crippen molar-refractivity contribution < 1.29 is 9.59 Å². The zero-order chi connectivity index (χ0) is 20.8. The van der Waals surface area contributed by atoms with Crippen molar-refractivity contribution in [1.29, 1.82) is 0 Å². The molecule has 8 heteroatoms. The molecule has 6 nitrogen and oxygen atoms in total. The van der Waals surface area contributed by atoms with Crippen LogP contribution in [-0.2, 0) is 4.79 Å². The van der Waals surface area contributed by atoms with Crippen LogP contribution in [0, 0.1) is 0 Å². The van der Waals surface area contributed by atoms with Crippen LogP contribution in [0.4, 0.5) is 11.4 Å². The molecule has 2 aromatic rings. The summed E-state index contributed by atoms with van der Waals surface area (Å²) in [6.45, 7) is 4.78. The van der Waals surface area contributed by atoms with Crippen LogP contribution in [0.3, 0.4) is 0 Å². The van der Waals surface area contributed by atoms with E-state index in [1.807, 2.05) is 48.2 Å². The first-order valence-corrected chi connectivity index (χ1v) is 10.7. The van der Waals surface area contributed by atoms with Crippen molar-refractivity contribution in [3.8, 4) is 0 Å². The van der Waals surface area contributed by atoms with Gasteiger partial charge in [0.15, 0.2) is 5.11 Å². The number of para-hydroxylation sites is 2. The van der Waals surface area contributed by atoms with Gasteiger partial charge in [-0.15, -0.1) is 0 Å². The standard InChI is InChI=1S/C21H23BrN4O2S/c1-2-19(27)26-13-11-25(12-14-26)18-10-6-5-9-17(18)23-21(29)24-20(28)15-7-3-4-8-16(15)22/h3-10H,2,11-14H2,1H3,(H2,23,24,28,29). The minimum absolute atomic E-state index is 0.187. The molecule has 1 saturated heterocycles. The van der Waals surface area contributed by atoms with E-state index in [9.17, 15) is 9.59 Å². The molecule has 0 atom stereocenters. The number of halogens is 1. The lowest BCUT2D eigenvalue weighted by atomic mass is 10.2. The van der Waals surface area contributed by atoms with E-state index in [0.29, 0.717) is 29.5 Å². The molecule has 3 rings (SSSR count). The fourth-order valence-electron chi connectivity index (χ4n) is 3.24. The second kappa shape index (κ2) is 9.84. The molecule has 0 unspecified atom stereocenters. The van der Waals surface area contributed by atoms with Gasteiger partial charge in [-0.25, -0.2) is 0 Å². The van der Waals surface area contributed by atoms with Crippen LogP contribution < -0.4 is 15.5 Å². The van der Waals surface area contributed by atoms with Gasteiger partial charge in [0.25, 0.3) is 5.91 Å². The lowest BCUT2D eigenvalue weighted by molar-refractivity contribution is -0.131. The number of carbonyl (C=O) groups excluding carboxylic acids is 2. The van der Waals surface area contributed by atoms with Gasteiger partial charge in [-0.05, 0) is 52.4 Å². The molecule has 2 aromatic carbocycles. The number of carbonyl (C=O) groups is 2. The third-order valence-electron chi connectivity index (χ3n) is 4.77. The summed E-state index contributed by atoms with van der Waals surface area (Å²) in [6, 6.07) is 15.0. The highest BCUT2D eigenvalue weighted by atomic mass is 79.9. The number of nitrogens with one attached hydrogen (secondary N) is 2. The Morgan fingerprint density at radius 3 is 2.38 bits per heavy atom. The zero-order valence-corrected chi connectivity index (χ0v) is 18.6. The molecule has 0 bridgehead atoms. The van der Waals surface area contributed by atoms with Crippen molar-refractivity contribution in [3.05, 3.63) is 58.6 Å². The molecule has 0 radical (unpaired) electrons. The fraction of sp³-hybridized carbons (Fsp3) is 0.286. The Morgan fingerprint density at radius 2 is 1.69 bits per heavy atom. The molecule has 1 fully saturated rings. The van der Waals surface area contributed by atoms with Crippen molar-refractivity contribution in [2.24, 2.45) is 0 Å². The van der Waals surface area contributed by atoms with Gasteiger partial charge in [0.1, 0.15) is 0 Å². The summed E-state index contributed by atoms with van der Waals surface area (Å²) < 4.78 is 0.709. The highest BCUT2D eigenvalue weighted by Gasteiger charge is 2.22. The number of hydrogen-bond donors (Lipinski definition) is 2. The smallest absolute Gasteiger partial charge is 0.258 e. The Bertz CT molecular complexity index is 913. The number of rotatable bonds is 4. The molecular weight excluding hydrogens is 452 g/mol. The minimum Gasteiger partial charge on any atom is -0.366 e. The number of piperazine rings is 1. The molecule has 1 heterocycles. The maximum Gasteiger partial charge on any atom is 0.258 e. The van der Waals surface area contributed by atoms with Crippen LogP contribution in [0.1, 0.15) is 23.7 Å². The number of thiocarbonyl (C=S) groups is 1. The third kappa shape index (κ3) is 5.33. The van der Waals surface area contributed by atoms with Gasteiger partial charge in [0, 0.05) is 37.1 Å². The highest BCUT2D eigenvalue weighted by Crippen LogP contribution is 2.27. The monoisotopic (exact) mass is 474 g/mol. The highest BCUT2D eigenvalue weighted by molar-refractivity contribution is 9.10. The van der Waals surface area contributed by atoms with E-state index in [4.69, 9.17) is 12.2 Å². The average molecular weight is 475 g/mol. The predicted octanol–water partition coefficient (Wildman–Crippen LogP) is 3.63. The number of benzene rings is 2. The third-order valence-corrected chi connectivity index (χ3v) is 5.67. The second-order valence-corrected chi connectivity index (χ2v) is 7.89. The largest absolute Gasteiger partial charge is 0.366 e. The number of amides is 2.